The van der Waals surface area contributed by atoms with Gasteiger partial charge in [0.2, 0.25) is 0 Å². The molecule has 2 saturated heterocycles. The van der Waals surface area contributed by atoms with Gasteiger partial charge < -0.3 is 19.4 Å². The molecule has 1 aromatic carbocycles. The molecule has 0 radical (unpaired) electrons. The van der Waals surface area contributed by atoms with E-state index >= 15 is 0 Å². The highest BCUT2D eigenvalue weighted by Crippen LogP contribution is 2.37. The molecule has 5 rings (SSSR count). The first kappa shape index (κ1) is 22.9. The van der Waals surface area contributed by atoms with Crippen molar-refractivity contribution in [3.8, 4) is 5.75 Å². The number of nitrogens with zero attached hydrogens (tertiary/aromatic N) is 5. The van der Waals surface area contributed by atoms with Crippen molar-refractivity contribution in [1.29, 1.82) is 0 Å². The van der Waals surface area contributed by atoms with Gasteiger partial charge in [-0.2, -0.15) is 0 Å². The van der Waals surface area contributed by atoms with Gasteiger partial charge in [0.05, 0.1) is 17.4 Å². The number of methoxy groups -OCH3 is 1. The Morgan fingerprint density at radius 3 is 2.29 bits per heavy atom. The van der Waals surface area contributed by atoms with Gasteiger partial charge in [-0.15, -0.1) is 11.3 Å². The van der Waals surface area contributed by atoms with Gasteiger partial charge in [0.25, 0.3) is 5.91 Å². The summed E-state index contributed by atoms with van der Waals surface area (Å²) >= 11 is 1.52. The van der Waals surface area contributed by atoms with Gasteiger partial charge in [-0.25, -0.2) is 9.97 Å². The van der Waals surface area contributed by atoms with Gasteiger partial charge in [0, 0.05) is 45.0 Å². The van der Waals surface area contributed by atoms with Crippen LogP contribution >= 0.6 is 11.3 Å². The van der Waals surface area contributed by atoms with Crippen molar-refractivity contribution in [3.63, 3.8) is 0 Å². The number of benzene rings is 1. The van der Waals surface area contributed by atoms with Crippen LogP contribution in [0.1, 0.15) is 35.5 Å². The molecule has 1 amide bonds. The van der Waals surface area contributed by atoms with E-state index in [1.165, 1.54) is 23.4 Å². The third kappa shape index (κ3) is 4.31. The summed E-state index contributed by atoms with van der Waals surface area (Å²) in [5.74, 6) is 3.05. The van der Waals surface area contributed by atoms with E-state index in [4.69, 9.17) is 4.74 Å². The summed E-state index contributed by atoms with van der Waals surface area (Å²) in [4.78, 5) is 31.2. The van der Waals surface area contributed by atoms with Gasteiger partial charge in [-0.1, -0.05) is 13.8 Å². The fourth-order valence-corrected chi connectivity index (χ4v) is 6.55. The number of hydrogen-bond acceptors (Lipinski definition) is 7. The second-order valence-electron chi connectivity index (χ2n) is 9.76. The van der Waals surface area contributed by atoms with Crippen LogP contribution in [-0.4, -0.2) is 67.2 Å². The number of ether oxygens (including phenoxy) is 1. The molecule has 0 aliphatic carbocycles. The monoisotopic (exact) mass is 479 g/mol. The van der Waals surface area contributed by atoms with Gasteiger partial charge in [0.1, 0.15) is 22.7 Å². The summed E-state index contributed by atoms with van der Waals surface area (Å²) < 4.78 is 5.28. The summed E-state index contributed by atoms with van der Waals surface area (Å²) in [6, 6.07) is 8.24. The molecule has 0 bridgehead atoms. The van der Waals surface area contributed by atoms with E-state index in [0.717, 1.165) is 71.5 Å². The minimum atomic E-state index is 0.147. The molecule has 2 aliphatic heterocycles. The molecule has 0 unspecified atom stereocenters. The van der Waals surface area contributed by atoms with E-state index in [9.17, 15) is 4.79 Å². The lowest BCUT2D eigenvalue weighted by Crippen LogP contribution is -2.47. The van der Waals surface area contributed by atoms with Crippen LogP contribution in [0, 0.1) is 18.8 Å². The molecule has 2 aromatic heterocycles. The number of likely N-dealkylation sites (tertiary alicyclic amines) is 1. The van der Waals surface area contributed by atoms with Crippen LogP contribution in [0.4, 0.5) is 11.5 Å². The molecule has 0 N–H and O–H groups in total. The van der Waals surface area contributed by atoms with Crippen LogP contribution < -0.4 is 14.5 Å². The number of carbonyl (C=O) groups excluding carboxylic acids is 1. The van der Waals surface area contributed by atoms with Gasteiger partial charge >= 0.3 is 0 Å². The van der Waals surface area contributed by atoms with E-state index in [0.29, 0.717) is 11.8 Å². The van der Waals surface area contributed by atoms with Crippen LogP contribution in [0.2, 0.25) is 0 Å². The predicted octanol–water partition coefficient (Wildman–Crippen LogP) is 4.45. The fraction of sp³-hybridized carbons (Fsp3) is 0.500. The lowest BCUT2D eigenvalue weighted by atomic mass is 9.92. The molecule has 8 heteroatoms. The minimum absolute atomic E-state index is 0.147. The van der Waals surface area contributed by atoms with Crippen molar-refractivity contribution in [1.82, 2.24) is 14.9 Å². The van der Waals surface area contributed by atoms with Gasteiger partial charge in [-0.3, -0.25) is 4.79 Å². The molecule has 0 saturated carbocycles. The SMILES string of the molecule is COc1ccc(N2CCN(c3ncnc4sc(C(=O)N5C[C@H](C)C[C@@H](C)C5)c(C)c34)CC2)cc1. The maximum Gasteiger partial charge on any atom is 0.264 e. The number of carbonyl (C=O) groups is 1. The Hall–Kier alpha value is -2.87. The zero-order chi connectivity index (χ0) is 23.8. The molecule has 0 spiro atoms. The second-order valence-corrected chi connectivity index (χ2v) is 10.8. The van der Waals surface area contributed by atoms with E-state index in [2.05, 4.69) is 52.7 Å². The zero-order valence-electron chi connectivity index (χ0n) is 20.5. The number of rotatable bonds is 4. The number of piperazine rings is 1. The highest BCUT2D eigenvalue weighted by molar-refractivity contribution is 7.20. The second kappa shape index (κ2) is 9.41. The summed E-state index contributed by atoms with van der Waals surface area (Å²) in [5.41, 5.74) is 2.22. The molecule has 34 heavy (non-hydrogen) atoms. The number of anilines is 2. The Kier molecular flexibility index (Phi) is 6.34. The number of fused-ring (bicyclic) bond motifs is 1. The normalized spacial score (nSPS) is 21.2. The molecule has 2 fully saturated rings. The van der Waals surface area contributed by atoms with E-state index in [-0.39, 0.29) is 5.91 Å². The first-order valence-electron chi connectivity index (χ1n) is 12.1. The molecular formula is C26H33N5O2S. The predicted molar refractivity (Wildman–Crippen MR) is 138 cm³/mol. The molecule has 3 aromatic rings. The molecule has 180 valence electrons. The van der Waals surface area contributed by atoms with E-state index in [1.54, 1.807) is 13.4 Å². The van der Waals surface area contributed by atoms with Crippen LogP contribution in [-0.2, 0) is 0 Å². The smallest absolute Gasteiger partial charge is 0.264 e. The minimum Gasteiger partial charge on any atom is -0.497 e. The lowest BCUT2D eigenvalue weighted by Gasteiger charge is -2.37. The highest BCUT2D eigenvalue weighted by Gasteiger charge is 2.30. The maximum atomic E-state index is 13.5. The van der Waals surface area contributed by atoms with Crippen molar-refractivity contribution < 1.29 is 9.53 Å². The Balaban J connectivity index is 1.36. The van der Waals surface area contributed by atoms with Crippen LogP contribution in [0.5, 0.6) is 5.75 Å². The topological polar surface area (TPSA) is 61.8 Å². The van der Waals surface area contributed by atoms with Crippen molar-refractivity contribution in [2.75, 3.05) is 56.2 Å². The first-order chi connectivity index (χ1) is 16.4. The number of aromatic nitrogens is 2. The first-order valence-corrected chi connectivity index (χ1v) is 12.9. The van der Waals surface area contributed by atoms with Crippen molar-refractivity contribution in [2.45, 2.75) is 27.2 Å². The Labute approximate surface area is 205 Å². The molecular weight excluding hydrogens is 446 g/mol. The Bertz CT molecular complexity index is 1160. The number of amides is 1. The number of piperidine rings is 1. The number of hydrogen-bond donors (Lipinski definition) is 0. The largest absolute Gasteiger partial charge is 0.497 e. The Morgan fingerprint density at radius 1 is 1.00 bits per heavy atom. The standard InChI is InChI=1S/C26H33N5O2S/c1-17-13-18(2)15-31(14-17)26(32)23-19(3)22-24(27-16-28-25(22)34-23)30-11-9-29(10-12-30)20-5-7-21(33-4)8-6-20/h5-8,16-18H,9-15H2,1-4H3/t17-,18-/m1/s1. The van der Waals surface area contributed by atoms with E-state index in [1.807, 2.05) is 17.0 Å². The molecule has 4 heterocycles. The van der Waals surface area contributed by atoms with Crippen LogP contribution in [0.25, 0.3) is 10.2 Å². The quantitative estimate of drug-likeness (QED) is 0.551. The zero-order valence-corrected chi connectivity index (χ0v) is 21.3. The highest BCUT2D eigenvalue weighted by atomic mass is 32.1. The maximum absolute atomic E-state index is 13.5. The molecule has 2 aliphatic rings. The summed E-state index contributed by atoms with van der Waals surface area (Å²) in [5, 5.41) is 1.03. The third-order valence-electron chi connectivity index (χ3n) is 7.07. The average Bonchev–Trinajstić information content (AvgIpc) is 3.19. The summed E-state index contributed by atoms with van der Waals surface area (Å²) in [7, 11) is 1.69. The number of thiophene rings is 1. The number of aryl methyl sites for hydroxylation is 1. The van der Waals surface area contributed by atoms with Crippen LogP contribution in [0.3, 0.4) is 0 Å². The van der Waals surface area contributed by atoms with Gasteiger partial charge in [0.15, 0.2) is 0 Å². The third-order valence-corrected chi connectivity index (χ3v) is 8.26. The van der Waals surface area contributed by atoms with Crippen molar-refractivity contribution in [2.24, 2.45) is 11.8 Å². The molecule has 2 atom stereocenters. The van der Waals surface area contributed by atoms with Crippen molar-refractivity contribution >= 4 is 39.0 Å². The van der Waals surface area contributed by atoms with E-state index < -0.39 is 0 Å². The summed E-state index contributed by atoms with van der Waals surface area (Å²) in [6.07, 6.45) is 2.83. The van der Waals surface area contributed by atoms with Gasteiger partial charge in [-0.05, 0) is 55.0 Å². The average molecular weight is 480 g/mol. The van der Waals surface area contributed by atoms with Crippen molar-refractivity contribution in [3.05, 3.63) is 41.0 Å². The lowest BCUT2D eigenvalue weighted by molar-refractivity contribution is 0.0627. The van der Waals surface area contributed by atoms with Crippen LogP contribution in [0.15, 0.2) is 30.6 Å². The molecule has 7 nitrogen and oxygen atoms in total. The fourth-order valence-electron chi connectivity index (χ4n) is 5.44. The Morgan fingerprint density at radius 2 is 1.65 bits per heavy atom. The summed E-state index contributed by atoms with van der Waals surface area (Å²) in [6.45, 7) is 11.8.